The minimum absolute atomic E-state index is 0.0836. The molecule has 7 heteroatoms. The highest BCUT2D eigenvalue weighted by Crippen LogP contribution is 2.30. The lowest BCUT2D eigenvalue weighted by Gasteiger charge is -2.25. The molecule has 0 bridgehead atoms. The van der Waals surface area contributed by atoms with E-state index in [4.69, 9.17) is 9.47 Å². The average molecular weight is 402 g/mol. The smallest absolute Gasteiger partial charge is 0.329 e. The highest BCUT2D eigenvalue weighted by atomic mass is 16.5. The van der Waals surface area contributed by atoms with Crippen molar-refractivity contribution >= 4 is 17.8 Å². The molecule has 29 heavy (non-hydrogen) atoms. The van der Waals surface area contributed by atoms with Gasteiger partial charge < -0.3 is 19.7 Å². The van der Waals surface area contributed by atoms with E-state index >= 15 is 0 Å². The van der Waals surface area contributed by atoms with Crippen molar-refractivity contribution in [1.29, 1.82) is 0 Å². The van der Waals surface area contributed by atoms with Gasteiger partial charge >= 0.3 is 5.97 Å². The third-order valence-corrected chi connectivity index (χ3v) is 5.64. The Bertz CT molecular complexity index is 723. The molecule has 2 aliphatic carbocycles. The number of amides is 2. The highest BCUT2D eigenvalue weighted by Gasteiger charge is 2.35. The van der Waals surface area contributed by atoms with E-state index in [0.717, 1.165) is 49.8 Å². The monoisotopic (exact) mass is 402 g/mol. The van der Waals surface area contributed by atoms with Crippen LogP contribution in [0.25, 0.3) is 0 Å². The molecule has 7 nitrogen and oxygen atoms in total. The first kappa shape index (κ1) is 21.1. The lowest BCUT2D eigenvalue weighted by atomic mass is 9.98. The number of nitrogens with zero attached hydrogens (tertiary/aromatic N) is 1. The zero-order valence-corrected chi connectivity index (χ0v) is 17.2. The number of benzene rings is 1. The van der Waals surface area contributed by atoms with Gasteiger partial charge in [-0.15, -0.1) is 0 Å². The molecule has 3 rings (SSSR count). The van der Waals surface area contributed by atoms with Gasteiger partial charge in [0, 0.05) is 19.5 Å². The second-order valence-corrected chi connectivity index (χ2v) is 7.93. The number of hydrogen-bond acceptors (Lipinski definition) is 5. The van der Waals surface area contributed by atoms with E-state index in [1.54, 1.807) is 12.0 Å². The number of rotatable bonds is 9. The summed E-state index contributed by atoms with van der Waals surface area (Å²) in [5, 5.41) is 2.71. The number of carbonyl (C=O) groups excluding carboxylic acids is 3. The zero-order chi connectivity index (χ0) is 20.8. The predicted octanol–water partition coefficient (Wildman–Crippen LogP) is 2.42. The molecule has 0 aromatic heterocycles. The van der Waals surface area contributed by atoms with Crippen LogP contribution in [0.2, 0.25) is 0 Å². The van der Waals surface area contributed by atoms with E-state index in [2.05, 4.69) is 5.32 Å². The van der Waals surface area contributed by atoms with Crippen LogP contribution < -0.4 is 10.1 Å². The van der Waals surface area contributed by atoms with Crippen molar-refractivity contribution in [1.82, 2.24) is 10.2 Å². The van der Waals surface area contributed by atoms with E-state index in [0.29, 0.717) is 6.54 Å². The molecular weight excluding hydrogens is 372 g/mol. The Balaban J connectivity index is 1.57. The Kier molecular flexibility index (Phi) is 7.12. The van der Waals surface area contributed by atoms with Gasteiger partial charge in [0.25, 0.3) is 5.91 Å². The molecule has 2 amide bonds. The Hall–Kier alpha value is -2.57. The van der Waals surface area contributed by atoms with Gasteiger partial charge in [0.1, 0.15) is 11.8 Å². The summed E-state index contributed by atoms with van der Waals surface area (Å²) in [6.45, 7) is 1.57. The lowest BCUT2D eigenvalue weighted by Crippen LogP contribution is -2.46. The van der Waals surface area contributed by atoms with Crippen LogP contribution >= 0.6 is 0 Å². The molecule has 1 atom stereocenters. The van der Waals surface area contributed by atoms with Crippen LogP contribution in [0.4, 0.5) is 0 Å². The topological polar surface area (TPSA) is 84.9 Å². The molecule has 0 saturated heterocycles. The quantitative estimate of drug-likeness (QED) is 0.641. The van der Waals surface area contributed by atoms with E-state index in [-0.39, 0.29) is 30.4 Å². The third kappa shape index (κ3) is 5.95. The van der Waals surface area contributed by atoms with Gasteiger partial charge in [-0.1, -0.05) is 25.0 Å². The molecule has 1 N–H and O–H groups in total. The fraction of sp³-hybridized carbons (Fsp3) is 0.591. The van der Waals surface area contributed by atoms with Crippen LogP contribution in [0.15, 0.2) is 24.3 Å². The number of nitrogens with one attached hydrogen (secondary N) is 1. The number of esters is 1. The SMILES string of the molecule is COc1ccc(CN(C(=O)COC(=O)C(NC(C)=O)C2CCCC2)C2CC2)cc1. The summed E-state index contributed by atoms with van der Waals surface area (Å²) in [6, 6.07) is 7.12. The molecule has 1 aromatic carbocycles. The van der Waals surface area contributed by atoms with Gasteiger partial charge in [-0.05, 0) is 49.3 Å². The molecule has 2 saturated carbocycles. The maximum absolute atomic E-state index is 12.8. The van der Waals surface area contributed by atoms with E-state index in [1.165, 1.54) is 6.92 Å². The fourth-order valence-electron chi connectivity index (χ4n) is 3.92. The number of carbonyl (C=O) groups is 3. The van der Waals surface area contributed by atoms with Gasteiger partial charge in [0.2, 0.25) is 5.91 Å². The van der Waals surface area contributed by atoms with Gasteiger partial charge in [0.05, 0.1) is 7.11 Å². The van der Waals surface area contributed by atoms with Crippen molar-refractivity contribution < 1.29 is 23.9 Å². The largest absolute Gasteiger partial charge is 0.497 e. The van der Waals surface area contributed by atoms with Crippen molar-refractivity contribution in [3.8, 4) is 5.75 Å². The number of methoxy groups -OCH3 is 1. The summed E-state index contributed by atoms with van der Waals surface area (Å²) in [7, 11) is 1.61. The van der Waals surface area contributed by atoms with Gasteiger partial charge in [-0.2, -0.15) is 0 Å². The molecule has 1 aromatic rings. The molecule has 2 aliphatic rings. The summed E-state index contributed by atoms with van der Waals surface area (Å²) in [6.07, 6.45) is 5.80. The Morgan fingerprint density at radius 2 is 1.76 bits per heavy atom. The Labute approximate surface area is 171 Å². The van der Waals surface area contributed by atoms with Crippen molar-refractivity contribution in [3.05, 3.63) is 29.8 Å². The summed E-state index contributed by atoms with van der Waals surface area (Å²) in [4.78, 5) is 38.6. The highest BCUT2D eigenvalue weighted by molar-refractivity contribution is 5.86. The van der Waals surface area contributed by atoms with Crippen LogP contribution in [0, 0.1) is 5.92 Å². The second-order valence-electron chi connectivity index (χ2n) is 7.93. The molecule has 1 unspecified atom stereocenters. The summed E-state index contributed by atoms with van der Waals surface area (Å²) >= 11 is 0. The van der Waals surface area contributed by atoms with Gasteiger partial charge in [-0.25, -0.2) is 4.79 Å². The molecule has 0 radical (unpaired) electrons. The normalized spacial score (nSPS) is 17.4. The van der Waals surface area contributed by atoms with Crippen LogP contribution in [-0.2, 0) is 25.7 Å². The van der Waals surface area contributed by atoms with Gasteiger partial charge in [0.15, 0.2) is 6.61 Å². The van der Waals surface area contributed by atoms with Gasteiger partial charge in [-0.3, -0.25) is 9.59 Å². The maximum Gasteiger partial charge on any atom is 0.329 e. The first-order chi connectivity index (χ1) is 14.0. The third-order valence-electron chi connectivity index (χ3n) is 5.64. The van der Waals surface area contributed by atoms with Crippen molar-refractivity contribution in [2.75, 3.05) is 13.7 Å². The van der Waals surface area contributed by atoms with Crippen molar-refractivity contribution in [3.63, 3.8) is 0 Å². The molecule has 158 valence electrons. The Morgan fingerprint density at radius 1 is 1.10 bits per heavy atom. The second kappa shape index (κ2) is 9.76. The molecule has 0 heterocycles. The minimum atomic E-state index is -0.668. The zero-order valence-electron chi connectivity index (χ0n) is 17.2. The number of ether oxygens (including phenoxy) is 2. The maximum atomic E-state index is 12.8. The number of hydrogen-bond donors (Lipinski definition) is 1. The first-order valence-corrected chi connectivity index (χ1v) is 10.3. The van der Waals surface area contributed by atoms with E-state index in [1.807, 2.05) is 24.3 Å². The molecule has 0 aliphatic heterocycles. The lowest BCUT2D eigenvalue weighted by molar-refractivity contribution is -0.156. The Morgan fingerprint density at radius 3 is 2.31 bits per heavy atom. The fourth-order valence-corrected chi connectivity index (χ4v) is 3.92. The molecule has 0 spiro atoms. The minimum Gasteiger partial charge on any atom is -0.497 e. The van der Waals surface area contributed by atoms with E-state index in [9.17, 15) is 14.4 Å². The van der Waals surface area contributed by atoms with Crippen LogP contribution in [0.1, 0.15) is 51.0 Å². The standard InChI is InChI=1S/C22H30N2O5/c1-15(25)23-21(17-5-3-4-6-17)22(27)29-14-20(26)24(18-9-10-18)13-16-7-11-19(28-2)12-8-16/h7-8,11-12,17-18,21H,3-6,9-10,13-14H2,1-2H3,(H,23,25). The first-order valence-electron chi connectivity index (χ1n) is 10.3. The van der Waals surface area contributed by atoms with Crippen LogP contribution in [-0.4, -0.2) is 48.5 Å². The predicted molar refractivity (Wildman–Crippen MR) is 107 cm³/mol. The van der Waals surface area contributed by atoms with Crippen molar-refractivity contribution in [2.45, 2.75) is 64.1 Å². The van der Waals surface area contributed by atoms with Crippen LogP contribution in [0.3, 0.4) is 0 Å². The van der Waals surface area contributed by atoms with Crippen molar-refractivity contribution in [2.24, 2.45) is 5.92 Å². The summed E-state index contributed by atoms with van der Waals surface area (Å²) < 4.78 is 10.5. The average Bonchev–Trinajstić information content (AvgIpc) is 3.41. The molecular formula is C22H30N2O5. The molecule has 2 fully saturated rings. The van der Waals surface area contributed by atoms with E-state index < -0.39 is 12.0 Å². The summed E-state index contributed by atoms with van der Waals surface area (Å²) in [5.74, 6) is -0.127. The van der Waals surface area contributed by atoms with Crippen LogP contribution in [0.5, 0.6) is 5.75 Å². The summed E-state index contributed by atoms with van der Waals surface area (Å²) in [5.41, 5.74) is 0.999.